The number of oxazole rings is 1. The molecule has 1 aromatic heterocycles. The van der Waals surface area contributed by atoms with Crippen molar-refractivity contribution in [3.8, 4) is 11.3 Å². The third-order valence-corrected chi connectivity index (χ3v) is 2.41. The largest absolute Gasteiger partial charge is 0.439 e. The van der Waals surface area contributed by atoms with Crippen LogP contribution in [-0.2, 0) is 6.18 Å². The SMILES string of the molecule is CC(N)c1ncc(-c2ccc(C(F)(F)F)cc2)o1. The Morgan fingerprint density at radius 2 is 1.83 bits per heavy atom. The molecule has 1 unspecified atom stereocenters. The molecule has 2 rings (SSSR count). The van der Waals surface area contributed by atoms with Crippen LogP contribution < -0.4 is 5.73 Å². The molecule has 0 spiro atoms. The highest BCUT2D eigenvalue weighted by Crippen LogP contribution is 2.31. The van der Waals surface area contributed by atoms with Gasteiger partial charge in [-0.2, -0.15) is 13.2 Å². The summed E-state index contributed by atoms with van der Waals surface area (Å²) < 4.78 is 42.5. The van der Waals surface area contributed by atoms with Gasteiger partial charge in [0.05, 0.1) is 17.8 Å². The molecule has 0 saturated carbocycles. The lowest BCUT2D eigenvalue weighted by Gasteiger charge is -2.06. The second-order valence-electron chi connectivity index (χ2n) is 3.93. The van der Waals surface area contributed by atoms with Gasteiger partial charge in [-0.1, -0.05) is 12.1 Å². The van der Waals surface area contributed by atoms with Crippen LogP contribution in [0.25, 0.3) is 11.3 Å². The van der Waals surface area contributed by atoms with E-state index in [2.05, 4.69) is 4.98 Å². The molecular weight excluding hydrogens is 245 g/mol. The molecule has 0 amide bonds. The second kappa shape index (κ2) is 4.45. The quantitative estimate of drug-likeness (QED) is 0.896. The van der Waals surface area contributed by atoms with Crippen molar-refractivity contribution < 1.29 is 17.6 Å². The van der Waals surface area contributed by atoms with E-state index in [1.54, 1.807) is 6.92 Å². The van der Waals surface area contributed by atoms with Crippen LogP contribution in [0.5, 0.6) is 0 Å². The molecule has 18 heavy (non-hydrogen) atoms. The Morgan fingerprint density at radius 3 is 2.28 bits per heavy atom. The molecule has 2 aromatic rings. The Labute approximate surface area is 101 Å². The molecule has 0 aliphatic carbocycles. The molecule has 3 nitrogen and oxygen atoms in total. The van der Waals surface area contributed by atoms with Crippen LogP contribution in [0.1, 0.15) is 24.4 Å². The van der Waals surface area contributed by atoms with Crippen molar-refractivity contribution in [1.82, 2.24) is 4.98 Å². The van der Waals surface area contributed by atoms with E-state index in [1.165, 1.54) is 18.3 Å². The van der Waals surface area contributed by atoms with Crippen molar-refractivity contribution in [3.63, 3.8) is 0 Å². The normalized spacial score (nSPS) is 13.6. The molecule has 96 valence electrons. The molecule has 0 radical (unpaired) electrons. The van der Waals surface area contributed by atoms with Crippen molar-refractivity contribution in [2.45, 2.75) is 19.1 Å². The van der Waals surface area contributed by atoms with Gasteiger partial charge in [-0.3, -0.25) is 0 Å². The third-order valence-electron chi connectivity index (χ3n) is 2.41. The number of nitrogens with two attached hydrogens (primary N) is 1. The summed E-state index contributed by atoms with van der Waals surface area (Å²) in [6.07, 6.45) is -2.89. The predicted octanol–water partition coefficient (Wildman–Crippen LogP) is 3.38. The molecule has 0 aliphatic rings. The number of alkyl halides is 3. The standard InChI is InChI=1S/C12H11F3N2O/c1-7(16)11-17-6-10(18-11)8-2-4-9(5-3-8)12(13,14)15/h2-7H,16H2,1H3. The first kappa shape index (κ1) is 12.6. The summed E-state index contributed by atoms with van der Waals surface area (Å²) in [6, 6.07) is 4.34. The van der Waals surface area contributed by atoms with E-state index in [-0.39, 0.29) is 6.04 Å². The van der Waals surface area contributed by atoms with E-state index in [9.17, 15) is 13.2 Å². The summed E-state index contributed by atoms with van der Waals surface area (Å²) in [5.41, 5.74) is 5.42. The van der Waals surface area contributed by atoms with E-state index in [4.69, 9.17) is 10.2 Å². The van der Waals surface area contributed by atoms with E-state index in [0.717, 1.165) is 12.1 Å². The zero-order valence-corrected chi connectivity index (χ0v) is 9.53. The van der Waals surface area contributed by atoms with Crippen molar-refractivity contribution in [2.24, 2.45) is 5.73 Å². The van der Waals surface area contributed by atoms with Gasteiger partial charge in [-0.15, -0.1) is 0 Å². The van der Waals surface area contributed by atoms with Crippen LogP contribution in [0, 0.1) is 0 Å². The molecule has 1 aromatic carbocycles. The lowest BCUT2D eigenvalue weighted by atomic mass is 10.1. The number of aromatic nitrogens is 1. The van der Waals surface area contributed by atoms with Gasteiger partial charge in [0.2, 0.25) is 5.89 Å². The lowest BCUT2D eigenvalue weighted by Crippen LogP contribution is -2.04. The first-order chi connectivity index (χ1) is 8.38. The van der Waals surface area contributed by atoms with Gasteiger partial charge in [0, 0.05) is 5.56 Å². The van der Waals surface area contributed by atoms with Gasteiger partial charge >= 0.3 is 6.18 Å². The number of halogens is 3. The highest BCUT2D eigenvalue weighted by molar-refractivity contribution is 5.56. The van der Waals surface area contributed by atoms with Crippen LogP contribution >= 0.6 is 0 Å². The molecule has 6 heteroatoms. The molecule has 1 heterocycles. The predicted molar refractivity (Wildman–Crippen MR) is 59.5 cm³/mol. The fourth-order valence-electron chi connectivity index (χ4n) is 1.46. The zero-order valence-electron chi connectivity index (χ0n) is 9.53. The van der Waals surface area contributed by atoms with E-state index >= 15 is 0 Å². The maximum atomic E-state index is 12.4. The van der Waals surface area contributed by atoms with Crippen LogP contribution in [0.2, 0.25) is 0 Å². The maximum absolute atomic E-state index is 12.4. The Bertz CT molecular complexity index is 529. The number of nitrogens with zero attached hydrogens (tertiary/aromatic N) is 1. The van der Waals surface area contributed by atoms with Crippen molar-refractivity contribution in [3.05, 3.63) is 41.9 Å². The number of benzene rings is 1. The van der Waals surface area contributed by atoms with Crippen LogP contribution in [-0.4, -0.2) is 4.98 Å². The van der Waals surface area contributed by atoms with Gasteiger partial charge in [-0.25, -0.2) is 4.98 Å². The van der Waals surface area contributed by atoms with E-state index < -0.39 is 11.7 Å². The summed E-state index contributed by atoms with van der Waals surface area (Å²) in [5, 5.41) is 0. The zero-order chi connectivity index (χ0) is 13.3. The highest BCUT2D eigenvalue weighted by atomic mass is 19.4. The van der Waals surface area contributed by atoms with Crippen LogP contribution in [0.3, 0.4) is 0 Å². The van der Waals surface area contributed by atoms with Crippen LogP contribution in [0.15, 0.2) is 34.9 Å². The lowest BCUT2D eigenvalue weighted by molar-refractivity contribution is -0.137. The van der Waals surface area contributed by atoms with Gasteiger partial charge in [0.15, 0.2) is 5.76 Å². The van der Waals surface area contributed by atoms with Gasteiger partial charge in [0.25, 0.3) is 0 Å². The smallest absolute Gasteiger partial charge is 0.416 e. The highest BCUT2D eigenvalue weighted by Gasteiger charge is 2.30. The minimum atomic E-state index is -4.34. The van der Waals surface area contributed by atoms with Gasteiger partial charge in [-0.05, 0) is 19.1 Å². The second-order valence-corrected chi connectivity index (χ2v) is 3.93. The van der Waals surface area contributed by atoms with Crippen molar-refractivity contribution in [2.75, 3.05) is 0 Å². The third kappa shape index (κ3) is 2.53. The first-order valence-electron chi connectivity index (χ1n) is 5.27. The fraction of sp³-hybridized carbons (Fsp3) is 0.250. The minimum absolute atomic E-state index is 0.352. The summed E-state index contributed by atoms with van der Waals surface area (Å²) >= 11 is 0. The Hall–Kier alpha value is -1.82. The van der Waals surface area contributed by atoms with E-state index in [1.807, 2.05) is 0 Å². The minimum Gasteiger partial charge on any atom is -0.439 e. The summed E-state index contributed by atoms with van der Waals surface area (Å²) in [5.74, 6) is 0.751. The molecular formula is C12H11F3N2O. The van der Waals surface area contributed by atoms with Gasteiger partial charge < -0.3 is 10.2 Å². The maximum Gasteiger partial charge on any atom is 0.416 e. The fourth-order valence-corrected chi connectivity index (χ4v) is 1.46. The molecule has 1 atom stereocenters. The molecule has 2 N–H and O–H groups in total. The molecule has 0 saturated heterocycles. The summed E-state index contributed by atoms with van der Waals surface area (Å²) in [4.78, 5) is 3.95. The molecule has 0 bridgehead atoms. The molecule has 0 fully saturated rings. The molecule has 0 aliphatic heterocycles. The number of hydrogen-bond acceptors (Lipinski definition) is 3. The van der Waals surface area contributed by atoms with E-state index in [0.29, 0.717) is 17.2 Å². The average Bonchev–Trinajstić information content (AvgIpc) is 2.77. The van der Waals surface area contributed by atoms with Crippen LogP contribution in [0.4, 0.5) is 13.2 Å². The van der Waals surface area contributed by atoms with Crippen molar-refractivity contribution in [1.29, 1.82) is 0 Å². The Balaban J connectivity index is 2.29. The number of rotatable bonds is 2. The Kier molecular flexibility index (Phi) is 3.13. The number of hydrogen-bond donors (Lipinski definition) is 1. The Morgan fingerprint density at radius 1 is 1.22 bits per heavy atom. The topological polar surface area (TPSA) is 52.0 Å². The average molecular weight is 256 g/mol. The summed E-state index contributed by atoms with van der Waals surface area (Å²) in [6.45, 7) is 1.71. The monoisotopic (exact) mass is 256 g/mol. The van der Waals surface area contributed by atoms with Crippen molar-refractivity contribution >= 4 is 0 Å². The summed E-state index contributed by atoms with van der Waals surface area (Å²) in [7, 11) is 0. The van der Waals surface area contributed by atoms with Gasteiger partial charge in [0.1, 0.15) is 0 Å². The first-order valence-corrected chi connectivity index (χ1v) is 5.27.